The van der Waals surface area contributed by atoms with Crippen molar-refractivity contribution in [3.8, 4) is 5.75 Å². The van der Waals surface area contributed by atoms with Gasteiger partial charge in [-0.05, 0) is 64.2 Å². The first-order valence-corrected chi connectivity index (χ1v) is 13.1. The Kier molecular flexibility index (Phi) is 9.76. The smallest absolute Gasteiger partial charge is 0.410 e. The molecule has 2 aliphatic heterocycles. The number of likely N-dealkylation sites (tertiary alicyclic amines) is 2. The lowest BCUT2D eigenvalue weighted by molar-refractivity contribution is -0.145. The molecule has 12 nitrogen and oxygen atoms in total. The van der Waals surface area contributed by atoms with E-state index in [0.29, 0.717) is 44.3 Å². The third-order valence-corrected chi connectivity index (χ3v) is 6.62. The van der Waals surface area contributed by atoms with Gasteiger partial charge in [-0.1, -0.05) is 12.1 Å². The number of hydrogen-bond donors (Lipinski definition) is 3. The van der Waals surface area contributed by atoms with Gasteiger partial charge in [0.2, 0.25) is 17.7 Å². The minimum Gasteiger partial charge on any atom is -0.508 e. The van der Waals surface area contributed by atoms with Crippen LogP contribution in [0.1, 0.15) is 52.0 Å². The van der Waals surface area contributed by atoms with E-state index in [0.717, 1.165) is 0 Å². The number of nitrogens with zero attached hydrogens (tertiary/aromatic N) is 2. The highest BCUT2D eigenvalue weighted by atomic mass is 16.6. The van der Waals surface area contributed by atoms with Crippen molar-refractivity contribution in [1.29, 1.82) is 0 Å². The van der Waals surface area contributed by atoms with Crippen LogP contribution in [0.3, 0.4) is 0 Å². The van der Waals surface area contributed by atoms with E-state index >= 15 is 0 Å². The van der Waals surface area contributed by atoms with Crippen LogP contribution in [-0.4, -0.2) is 95.2 Å². The molecule has 2 heterocycles. The van der Waals surface area contributed by atoms with Crippen molar-refractivity contribution >= 4 is 29.8 Å². The number of methoxy groups -OCH3 is 1. The highest BCUT2D eigenvalue weighted by Crippen LogP contribution is 2.26. The van der Waals surface area contributed by atoms with Crippen molar-refractivity contribution in [3.63, 3.8) is 0 Å². The fourth-order valence-corrected chi connectivity index (χ4v) is 4.79. The number of nitrogens with one attached hydrogen (secondary N) is 2. The number of aromatic hydroxyl groups is 1. The number of amides is 4. The fourth-order valence-electron chi connectivity index (χ4n) is 4.79. The van der Waals surface area contributed by atoms with E-state index in [-0.39, 0.29) is 18.1 Å². The summed E-state index contributed by atoms with van der Waals surface area (Å²) >= 11 is 0. The van der Waals surface area contributed by atoms with Gasteiger partial charge >= 0.3 is 12.1 Å². The normalized spacial score (nSPS) is 19.8. The van der Waals surface area contributed by atoms with Gasteiger partial charge in [0, 0.05) is 19.5 Å². The molecule has 2 fully saturated rings. The molecule has 2 saturated heterocycles. The highest BCUT2D eigenvalue weighted by Gasteiger charge is 2.43. The molecule has 0 bridgehead atoms. The Morgan fingerprint density at radius 1 is 1.00 bits per heavy atom. The molecule has 0 radical (unpaired) electrons. The summed E-state index contributed by atoms with van der Waals surface area (Å²) in [6, 6.07) is 3.74. The lowest BCUT2D eigenvalue weighted by Gasteiger charge is -2.32. The van der Waals surface area contributed by atoms with Crippen LogP contribution in [0.25, 0.3) is 0 Å². The molecule has 12 heteroatoms. The standard InChI is InChI=1S/C27H38N4O8/c1-27(2,3)39-26(37)31-14-6-8-21(31)24(35)30-13-5-7-20(30)23(34)28-16-22(33)29-19(25(36)38-4)15-17-9-11-18(32)12-10-17/h9-12,19-21,32H,5-8,13-16H2,1-4H3,(H,28,34)(H,29,33). The highest BCUT2D eigenvalue weighted by molar-refractivity contribution is 5.94. The van der Waals surface area contributed by atoms with Gasteiger partial charge in [0.1, 0.15) is 29.5 Å². The minimum atomic E-state index is -0.991. The second-order valence-electron chi connectivity index (χ2n) is 10.8. The summed E-state index contributed by atoms with van der Waals surface area (Å²) in [5.74, 6) is -1.96. The zero-order valence-corrected chi connectivity index (χ0v) is 22.9. The average Bonchev–Trinajstić information content (AvgIpc) is 3.56. The first-order chi connectivity index (χ1) is 18.4. The summed E-state index contributed by atoms with van der Waals surface area (Å²) in [5.41, 5.74) is 0.000819. The fraction of sp³-hybridized carbons (Fsp3) is 0.593. The van der Waals surface area contributed by atoms with Gasteiger partial charge in [0.25, 0.3) is 0 Å². The maximum atomic E-state index is 13.4. The van der Waals surface area contributed by atoms with Crippen LogP contribution in [-0.2, 0) is 35.1 Å². The lowest BCUT2D eigenvalue weighted by Crippen LogP contribution is -2.54. The lowest BCUT2D eigenvalue weighted by atomic mass is 10.1. The predicted octanol–water partition coefficient (Wildman–Crippen LogP) is 1.10. The molecule has 1 aromatic carbocycles. The minimum absolute atomic E-state index is 0.0741. The second-order valence-corrected chi connectivity index (χ2v) is 10.8. The van der Waals surface area contributed by atoms with E-state index in [1.54, 1.807) is 32.9 Å². The van der Waals surface area contributed by atoms with Crippen LogP contribution in [0.2, 0.25) is 0 Å². The molecular formula is C27H38N4O8. The van der Waals surface area contributed by atoms with Crippen LogP contribution in [0.15, 0.2) is 24.3 Å². The van der Waals surface area contributed by atoms with Gasteiger partial charge in [-0.25, -0.2) is 9.59 Å². The second kappa shape index (κ2) is 12.8. The summed E-state index contributed by atoms with van der Waals surface area (Å²) in [6.45, 7) is 5.66. The molecule has 0 aromatic heterocycles. The van der Waals surface area contributed by atoms with E-state index in [2.05, 4.69) is 10.6 Å². The average molecular weight is 547 g/mol. The Morgan fingerprint density at radius 2 is 1.62 bits per heavy atom. The monoisotopic (exact) mass is 546 g/mol. The number of phenolic OH excluding ortho intramolecular Hbond substituents is 1. The zero-order valence-electron chi connectivity index (χ0n) is 22.9. The number of rotatable bonds is 8. The van der Waals surface area contributed by atoms with Gasteiger partial charge in [-0.15, -0.1) is 0 Å². The molecule has 0 spiro atoms. The van der Waals surface area contributed by atoms with Gasteiger partial charge < -0.3 is 30.1 Å². The molecule has 3 unspecified atom stereocenters. The van der Waals surface area contributed by atoms with Crippen LogP contribution in [0.4, 0.5) is 4.79 Å². The molecule has 4 amide bonds. The van der Waals surface area contributed by atoms with Gasteiger partial charge in [0.15, 0.2) is 0 Å². The molecule has 0 aliphatic carbocycles. The summed E-state index contributed by atoms with van der Waals surface area (Å²) in [6.07, 6.45) is 1.78. The molecule has 3 rings (SSSR count). The number of carbonyl (C=O) groups excluding carboxylic acids is 5. The number of phenols is 1. The molecule has 3 atom stereocenters. The third kappa shape index (κ3) is 8.08. The summed E-state index contributed by atoms with van der Waals surface area (Å²) < 4.78 is 10.2. The van der Waals surface area contributed by atoms with E-state index in [1.165, 1.54) is 29.0 Å². The van der Waals surface area contributed by atoms with Gasteiger partial charge in [-0.2, -0.15) is 0 Å². The van der Waals surface area contributed by atoms with E-state index in [9.17, 15) is 29.1 Å². The molecule has 1 aromatic rings. The number of ether oxygens (including phenoxy) is 2. The van der Waals surface area contributed by atoms with Crippen LogP contribution in [0.5, 0.6) is 5.75 Å². The first kappa shape index (κ1) is 29.7. The number of carbonyl (C=O) groups is 5. The number of esters is 1. The molecule has 3 N–H and O–H groups in total. The molecule has 39 heavy (non-hydrogen) atoms. The molecule has 0 saturated carbocycles. The van der Waals surface area contributed by atoms with Crippen molar-refractivity contribution in [1.82, 2.24) is 20.4 Å². The Hall–Kier alpha value is -3.83. The Balaban J connectivity index is 1.56. The summed E-state index contributed by atoms with van der Waals surface area (Å²) in [5, 5.41) is 14.6. The molecular weight excluding hydrogens is 508 g/mol. The summed E-state index contributed by atoms with van der Waals surface area (Å²) in [4.78, 5) is 66.7. The Morgan fingerprint density at radius 3 is 2.23 bits per heavy atom. The van der Waals surface area contributed by atoms with Crippen LogP contribution < -0.4 is 10.6 Å². The topological polar surface area (TPSA) is 155 Å². The third-order valence-electron chi connectivity index (χ3n) is 6.62. The quantitative estimate of drug-likeness (QED) is 0.410. The maximum absolute atomic E-state index is 13.4. The molecule has 2 aliphatic rings. The number of benzene rings is 1. The SMILES string of the molecule is COC(=O)C(Cc1ccc(O)cc1)NC(=O)CNC(=O)C1CCCN1C(=O)C1CCCN1C(=O)OC(C)(C)C. The number of hydrogen-bond acceptors (Lipinski definition) is 8. The maximum Gasteiger partial charge on any atom is 0.410 e. The Labute approximate surface area is 228 Å². The van der Waals surface area contributed by atoms with Crippen molar-refractivity contribution in [2.75, 3.05) is 26.7 Å². The summed E-state index contributed by atoms with van der Waals surface area (Å²) in [7, 11) is 1.21. The van der Waals surface area contributed by atoms with Crippen molar-refractivity contribution in [2.24, 2.45) is 0 Å². The predicted molar refractivity (Wildman–Crippen MR) is 139 cm³/mol. The van der Waals surface area contributed by atoms with E-state index in [4.69, 9.17) is 9.47 Å². The van der Waals surface area contributed by atoms with Crippen LogP contribution in [0, 0.1) is 0 Å². The zero-order chi connectivity index (χ0) is 28.7. The van der Waals surface area contributed by atoms with Crippen molar-refractivity contribution in [3.05, 3.63) is 29.8 Å². The largest absolute Gasteiger partial charge is 0.508 e. The van der Waals surface area contributed by atoms with Crippen molar-refractivity contribution < 1.29 is 38.6 Å². The first-order valence-electron chi connectivity index (χ1n) is 13.1. The van der Waals surface area contributed by atoms with Gasteiger partial charge in [-0.3, -0.25) is 19.3 Å². The Bertz CT molecular complexity index is 1070. The molecule has 214 valence electrons. The van der Waals surface area contributed by atoms with Gasteiger partial charge in [0.05, 0.1) is 13.7 Å². The van der Waals surface area contributed by atoms with E-state index in [1.807, 2.05) is 0 Å². The van der Waals surface area contributed by atoms with Crippen molar-refractivity contribution in [2.45, 2.75) is 76.6 Å². The van der Waals surface area contributed by atoms with E-state index < -0.39 is 54.1 Å². The van der Waals surface area contributed by atoms with Crippen LogP contribution >= 0.6 is 0 Å².